The van der Waals surface area contributed by atoms with Gasteiger partial charge in [-0.2, -0.15) is 0 Å². The normalized spacial score (nSPS) is 19.3. The summed E-state index contributed by atoms with van der Waals surface area (Å²) in [6.07, 6.45) is 5.50. The summed E-state index contributed by atoms with van der Waals surface area (Å²) in [5.41, 5.74) is 0.992. The van der Waals surface area contributed by atoms with Crippen LogP contribution in [0.3, 0.4) is 0 Å². The number of anilines is 1. The van der Waals surface area contributed by atoms with Gasteiger partial charge in [-0.1, -0.05) is 31.0 Å². The van der Waals surface area contributed by atoms with Crippen LogP contribution in [0.15, 0.2) is 41.4 Å². The Morgan fingerprint density at radius 3 is 2.74 bits per heavy atom. The van der Waals surface area contributed by atoms with E-state index in [1.54, 1.807) is 7.05 Å². The summed E-state index contributed by atoms with van der Waals surface area (Å²) < 4.78 is 0. The van der Waals surface area contributed by atoms with Gasteiger partial charge in [0.05, 0.1) is 5.52 Å². The average molecular weight is 536 g/mol. The number of aliphatic imine (C=N–C) groups is 1. The lowest BCUT2D eigenvalue weighted by molar-refractivity contribution is -0.134. The number of hydrogen-bond acceptors (Lipinski definition) is 4. The number of benzene rings is 1. The van der Waals surface area contributed by atoms with E-state index in [2.05, 4.69) is 38.1 Å². The number of nitrogens with one attached hydrogen (secondary N) is 3. The van der Waals surface area contributed by atoms with Crippen molar-refractivity contribution >= 4 is 52.6 Å². The van der Waals surface area contributed by atoms with Crippen molar-refractivity contribution in [2.45, 2.75) is 38.1 Å². The van der Waals surface area contributed by atoms with Gasteiger partial charge in [0.1, 0.15) is 5.82 Å². The number of fused-ring (bicyclic) bond motifs is 1. The molecular formula is C23H33IN6O. The number of aromatic nitrogens is 1. The highest BCUT2D eigenvalue weighted by molar-refractivity contribution is 14.0. The van der Waals surface area contributed by atoms with Gasteiger partial charge in [0.2, 0.25) is 5.91 Å². The summed E-state index contributed by atoms with van der Waals surface area (Å²) in [6, 6.07) is 12.5. The third kappa shape index (κ3) is 6.21. The van der Waals surface area contributed by atoms with Crippen molar-refractivity contribution in [2.75, 3.05) is 38.5 Å². The van der Waals surface area contributed by atoms with Crippen LogP contribution in [0.5, 0.6) is 0 Å². The number of para-hydroxylation sites is 1. The molecule has 4 rings (SSSR count). The monoisotopic (exact) mass is 536 g/mol. The lowest BCUT2D eigenvalue weighted by Crippen LogP contribution is -2.46. The minimum atomic E-state index is 0. The zero-order valence-corrected chi connectivity index (χ0v) is 20.5. The number of likely N-dealkylation sites (tertiary alicyclic amines) is 1. The first kappa shape index (κ1) is 23.6. The highest BCUT2D eigenvalue weighted by Gasteiger charge is 2.32. The Hall–Kier alpha value is -2.10. The first-order valence-corrected chi connectivity index (χ1v) is 11.1. The molecule has 1 saturated heterocycles. The minimum Gasteiger partial charge on any atom is -0.368 e. The van der Waals surface area contributed by atoms with E-state index in [1.807, 2.05) is 29.2 Å². The van der Waals surface area contributed by atoms with Gasteiger partial charge in [0.15, 0.2) is 5.96 Å². The molecule has 168 valence electrons. The molecule has 7 nitrogen and oxygen atoms in total. The summed E-state index contributed by atoms with van der Waals surface area (Å²) in [4.78, 5) is 23.6. The van der Waals surface area contributed by atoms with Crippen molar-refractivity contribution in [2.24, 2.45) is 10.9 Å². The van der Waals surface area contributed by atoms with Crippen LogP contribution < -0.4 is 16.0 Å². The lowest BCUT2D eigenvalue weighted by atomic mass is 10.1. The third-order valence-electron chi connectivity index (χ3n) is 6.09. The first-order valence-electron chi connectivity index (χ1n) is 11.1. The van der Waals surface area contributed by atoms with Crippen LogP contribution >= 0.6 is 24.0 Å². The summed E-state index contributed by atoms with van der Waals surface area (Å²) in [7, 11) is 1.78. The zero-order chi connectivity index (χ0) is 20.8. The van der Waals surface area contributed by atoms with E-state index in [9.17, 15) is 4.79 Å². The molecule has 1 aliphatic heterocycles. The molecule has 3 N–H and O–H groups in total. The van der Waals surface area contributed by atoms with Crippen LogP contribution in [-0.2, 0) is 4.79 Å². The number of hydrogen-bond donors (Lipinski definition) is 3. The molecule has 1 amide bonds. The Morgan fingerprint density at radius 2 is 1.94 bits per heavy atom. The molecular weight excluding hydrogens is 503 g/mol. The molecule has 2 aromatic rings. The molecule has 1 aromatic carbocycles. The topological polar surface area (TPSA) is 81.7 Å². The van der Waals surface area contributed by atoms with Crippen LogP contribution in [0.2, 0.25) is 0 Å². The highest BCUT2D eigenvalue weighted by atomic mass is 127. The molecule has 31 heavy (non-hydrogen) atoms. The third-order valence-corrected chi connectivity index (χ3v) is 6.09. The Labute approximate surface area is 201 Å². The molecule has 0 radical (unpaired) electrons. The quantitative estimate of drug-likeness (QED) is 0.229. The maximum absolute atomic E-state index is 12.6. The summed E-state index contributed by atoms with van der Waals surface area (Å²) in [5.74, 6) is 2.27. The van der Waals surface area contributed by atoms with E-state index in [1.165, 1.54) is 12.8 Å². The van der Waals surface area contributed by atoms with E-state index < -0.39 is 0 Å². The molecule has 8 heteroatoms. The van der Waals surface area contributed by atoms with Crippen molar-refractivity contribution in [1.29, 1.82) is 0 Å². The second-order valence-corrected chi connectivity index (χ2v) is 8.21. The molecule has 0 bridgehead atoms. The average Bonchev–Trinajstić information content (AvgIpc) is 3.47. The largest absolute Gasteiger partial charge is 0.368 e. The van der Waals surface area contributed by atoms with Crippen LogP contribution in [-0.4, -0.2) is 61.0 Å². The van der Waals surface area contributed by atoms with E-state index in [0.29, 0.717) is 5.91 Å². The second-order valence-electron chi connectivity index (χ2n) is 8.21. The zero-order valence-electron chi connectivity index (χ0n) is 18.1. The number of carbonyl (C=O) groups excluding carboxylic acids is 1. The van der Waals surface area contributed by atoms with Crippen LogP contribution in [0.25, 0.3) is 10.9 Å². The standard InChI is InChI=1S/C23H32N6O.HI/c1-24-23(27-19-12-15-29(16-19)22(30)18-7-2-3-8-18)26-14-13-25-21-11-10-17-6-4-5-9-20(17)28-21;/h4-6,9-11,18-19H,2-3,7-8,12-16H2,1H3,(H,25,28)(H2,24,26,27);1H. The van der Waals surface area contributed by atoms with Gasteiger partial charge >= 0.3 is 0 Å². The fourth-order valence-corrected chi connectivity index (χ4v) is 4.43. The van der Waals surface area contributed by atoms with Gasteiger partial charge in [0, 0.05) is 50.6 Å². The van der Waals surface area contributed by atoms with Gasteiger partial charge in [0.25, 0.3) is 0 Å². The van der Waals surface area contributed by atoms with Crippen LogP contribution in [0.1, 0.15) is 32.1 Å². The Morgan fingerprint density at radius 1 is 1.13 bits per heavy atom. The van der Waals surface area contributed by atoms with Crippen molar-refractivity contribution < 1.29 is 4.79 Å². The van der Waals surface area contributed by atoms with Crippen molar-refractivity contribution in [3.8, 4) is 0 Å². The molecule has 0 spiro atoms. The minimum absolute atomic E-state index is 0. The summed E-state index contributed by atoms with van der Waals surface area (Å²) in [5, 5.41) is 11.3. The Bertz CT molecular complexity index is 899. The molecule has 1 atom stereocenters. The SMILES string of the molecule is CN=C(NCCNc1ccc2ccccc2n1)NC1CCN(C(=O)C2CCCC2)C1.I. The van der Waals surface area contributed by atoms with Gasteiger partial charge in [-0.05, 0) is 37.5 Å². The molecule has 2 heterocycles. The number of rotatable bonds is 6. The number of halogens is 1. The second kappa shape index (κ2) is 11.5. The number of guanidine groups is 1. The predicted octanol–water partition coefficient (Wildman–Crippen LogP) is 3.22. The maximum atomic E-state index is 12.6. The van der Waals surface area contributed by atoms with E-state index >= 15 is 0 Å². The summed E-state index contributed by atoms with van der Waals surface area (Å²) >= 11 is 0. The smallest absolute Gasteiger partial charge is 0.225 e. The Kier molecular flexibility index (Phi) is 8.74. The van der Waals surface area contributed by atoms with Gasteiger partial charge in [-0.3, -0.25) is 9.79 Å². The molecule has 1 aliphatic carbocycles. The van der Waals surface area contributed by atoms with E-state index in [-0.39, 0.29) is 35.9 Å². The van der Waals surface area contributed by atoms with Gasteiger partial charge in [-0.25, -0.2) is 4.98 Å². The Balaban J connectivity index is 0.00000272. The molecule has 2 aliphatic rings. The molecule has 1 saturated carbocycles. The van der Waals surface area contributed by atoms with Crippen molar-refractivity contribution in [1.82, 2.24) is 20.5 Å². The predicted molar refractivity (Wildman–Crippen MR) is 137 cm³/mol. The van der Waals surface area contributed by atoms with Crippen LogP contribution in [0.4, 0.5) is 5.82 Å². The number of amides is 1. The van der Waals surface area contributed by atoms with E-state index in [0.717, 1.165) is 68.1 Å². The number of carbonyl (C=O) groups is 1. The maximum Gasteiger partial charge on any atom is 0.225 e. The van der Waals surface area contributed by atoms with Gasteiger partial charge < -0.3 is 20.9 Å². The fraction of sp³-hybridized carbons (Fsp3) is 0.522. The number of pyridine rings is 1. The number of nitrogens with zero attached hydrogens (tertiary/aromatic N) is 3. The summed E-state index contributed by atoms with van der Waals surface area (Å²) in [6.45, 7) is 3.09. The first-order chi connectivity index (χ1) is 14.7. The highest BCUT2D eigenvalue weighted by Crippen LogP contribution is 2.27. The van der Waals surface area contributed by atoms with Gasteiger partial charge in [-0.15, -0.1) is 24.0 Å². The van der Waals surface area contributed by atoms with Crippen LogP contribution in [0, 0.1) is 5.92 Å². The fourth-order valence-electron chi connectivity index (χ4n) is 4.43. The molecule has 1 aromatic heterocycles. The molecule has 1 unspecified atom stereocenters. The van der Waals surface area contributed by atoms with Crippen molar-refractivity contribution in [3.05, 3.63) is 36.4 Å². The lowest BCUT2D eigenvalue weighted by Gasteiger charge is -2.21. The van der Waals surface area contributed by atoms with E-state index in [4.69, 9.17) is 0 Å². The molecule has 2 fully saturated rings. The van der Waals surface area contributed by atoms with Crippen molar-refractivity contribution in [3.63, 3.8) is 0 Å².